The molecule has 3 aromatic rings. The fraction of sp³-hybridized carbons (Fsp3) is 0.120. The smallest absolute Gasteiger partial charge is 0.286 e. The highest BCUT2D eigenvalue weighted by molar-refractivity contribution is 8.18. The van der Waals surface area contributed by atoms with Crippen LogP contribution < -0.4 is 14.5 Å². The van der Waals surface area contributed by atoms with Gasteiger partial charge < -0.3 is 9.64 Å². The molecule has 0 saturated carbocycles. The van der Waals surface area contributed by atoms with Crippen LogP contribution in [0.2, 0.25) is 0 Å². The summed E-state index contributed by atoms with van der Waals surface area (Å²) < 4.78 is 5.51. The summed E-state index contributed by atoms with van der Waals surface area (Å²) in [5.41, 5.74) is 3.77. The summed E-state index contributed by atoms with van der Waals surface area (Å²) in [5, 5.41) is 0.630. The number of amides is 1. The molecule has 4 rings (SSSR count). The van der Waals surface area contributed by atoms with Gasteiger partial charge in [-0.25, -0.2) is 0 Å². The Balaban J connectivity index is 1.67. The van der Waals surface area contributed by atoms with Crippen LogP contribution >= 0.6 is 11.8 Å². The minimum Gasteiger partial charge on any atom is -0.495 e. The van der Waals surface area contributed by atoms with Crippen molar-refractivity contribution in [3.8, 4) is 5.75 Å². The van der Waals surface area contributed by atoms with Crippen molar-refractivity contribution < 1.29 is 9.53 Å². The van der Waals surface area contributed by atoms with Crippen LogP contribution in [0.15, 0.2) is 88.8 Å². The molecule has 0 radical (unpaired) electrons. The highest BCUT2D eigenvalue weighted by atomic mass is 32.2. The van der Waals surface area contributed by atoms with E-state index in [0.717, 1.165) is 28.4 Å². The van der Waals surface area contributed by atoms with Gasteiger partial charge in [-0.15, -0.1) is 0 Å². The van der Waals surface area contributed by atoms with Gasteiger partial charge in [0.25, 0.3) is 5.91 Å². The second kappa shape index (κ2) is 9.10. The Morgan fingerprint density at radius 3 is 2.06 bits per heavy atom. The molecule has 0 aliphatic carbocycles. The van der Waals surface area contributed by atoms with Crippen LogP contribution in [0, 0.1) is 0 Å². The maximum absolute atomic E-state index is 12.7. The Morgan fingerprint density at radius 2 is 1.52 bits per heavy atom. The zero-order valence-corrected chi connectivity index (χ0v) is 18.5. The normalized spacial score (nSPS) is 14.5. The Labute approximate surface area is 186 Å². The van der Waals surface area contributed by atoms with Crippen LogP contribution in [0.4, 0.5) is 17.1 Å². The first-order valence-electron chi connectivity index (χ1n) is 9.85. The van der Waals surface area contributed by atoms with Crippen molar-refractivity contribution in [2.45, 2.75) is 0 Å². The average Bonchev–Trinajstić information content (AvgIpc) is 3.14. The van der Waals surface area contributed by atoms with Crippen molar-refractivity contribution >= 4 is 46.0 Å². The lowest BCUT2D eigenvalue weighted by molar-refractivity contribution is -0.113. The lowest BCUT2D eigenvalue weighted by Crippen LogP contribution is -2.21. The topological polar surface area (TPSA) is 45.1 Å². The number of nitrogens with zero attached hydrogens (tertiary/aromatic N) is 3. The number of aliphatic imine (C=N–C) groups is 1. The van der Waals surface area contributed by atoms with E-state index in [-0.39, 0.29) is 5.91 Å². The molecular weight excluding hydrogens is 406 g/mol. The fourth-order valence-corrected chi connectivity index (χ4v) is 4.28. The SMILES string of the molecule is COc1cc(/C=C2/SC(N(c3ccccc3)c3ccccc3)=NC2=O)ccc1N(C)C. The quantitative estimate of drug-likeness (QED) is 0.496. The molecule has 0 aromatic heterocycles. The molecule has 1 amide bonds. The maximum Gasteiger partial charge on any atom is 0.286 e. The molecule has 5 nitrogen and oxygen atoms in total. The van der Waals surface area contributed by atoms with Crippen molar-refractivity contribution in [2.75, 3.05) is 31.0 Å². The summed E-state index contributed by atoms with van der Waals surface area (Å²) in [6.07, 6.45) is 1.86. The summed E-state index contributed by atoms with van der Waals surface area (Å²) in [6.45, 7) is 0. The third kappa shape index (κ3) is 4.49. The van der Waals surface area contributed by atoms with Gasteiger partial charge >= 0.3 is 0 Å². The number of hydrogen-bond acceptors (Lipinski definition) is 5. The molecule has 6 heteroatoms. The molecule has 156 valence electrons. The standard InChI is InChI=1S/C25H23N3O2S/c1-27(2)21-15-14-18(16-22(21)30-3)17-23-24(29)26-25(31-23)28(19-10-6-4-7-11-19)20-12-8-5-9-13-20/h4-17H,1-3H3/b23-17+. The highest BCUT2D eigenvalue weighted by Gasteiger charge is 2.28. The van der Waals surface area contributed by atoms with Crippen LogP contribution in [0.5, 0.6) is 5.75 Å². The minimum atomic E-state index is -0.243. The fourth-order valence-electron chi connectivity index (χ4n) is 3.32. The van der Waals surface area contributed by atoms with E-state index in [4.69, 9.17) is 4.74 Å². The van der Waals surface area contributed by atoms with Crippen molar-refractivity contribution in [2.24, 2.45) is 4.99 Å². The lowest BCUT2D eigenvalue weighted by atomic mass is 10.1. The van der Waals surface area contributed by atoms with E-state index in [1.165, 1.54) is 11.8 Å². The number of hydrogen-bond donors (Lipinski definition) is 0. The number of amidine groups is 1. The highest BCUT2D eigenvalue weighted by Crippen LogP contribution is 2.37. The number of carbonyl (C=O) groups excluding carboxylic acids is 1. The zero-order chi connectivity index (χ0) is 21.8. The van der Waals surface area contributed by atoms with Crippen molar-refractivity contribution in [1.29, 1.82) is 0 Å². The number of ether oxygens (including phenoxy) is 1. The molecular formula is C25H23N3O2S. The van der Waals surface area contributed by atoms with E-state index >= 15 is 0 Å². The predicted octanol–water partition coefficient (Wildman–Crippen LogP) is 5.57. The lowest BCUT2D eigenvalue weighted by Gasteiger charge is -2.23. The first-order chi connectivity index (χ1) is 15.1. The summed E-state index contributed by atoms with van der Waals surface area (Å²) in [6, 6.07) is 25.8. The Morgan fingerprint density at radius 1 is 0.903 bits per heavy atom. The van der Waals surface area contributed by atoms with E-state index in [1.807, 2.05) is 109 Å². The second-order valence-electron chi connectivity index (χ2n) is 7.14. The van der Waals surface area contributed by atoms with Crippen LogP contribution in [0.25, 0.3) is 6.08 Å². The van der Waals surface area contributed by atoms with Crippen molar-refractivity contribution in [3.05, 3.63) is 89.3 Å². The maximum atomic E-state index is 12.7. The third-order valence-corrected chi connectivity index (χ3v) is 5.78. The molecule has 31 heavy (non-hydrogen) atoms. The number of carbonyl (C=O) groups is 1. The Kier molecular flexibility index (Phi) is 6.09. The van der Waals surface area contributed by atoms with Gasteiger partial charge in [-0.2, -0.15) is 4.99 Å². The summed E-state index contributed by atoms with van der Waals surface area (Å²) >= 11 is 1.37. The van der Waals surface area contributed by atoms with Gasteiger partial charge in [0.2, 0.25) is 0 Å². The van der Waals surface area contributed by atoms with Gasteiger partial charge in [0.15, 0.2) is 5.17 Å². The van der Waals surface area contributed by atoms with E-state index in [1.54, 1.807) is 7.11 Å². The first-order valence-corrected chi connectivity index (χ1v) is 10.7. The molecule has 1 aliphatic heterocycles. The first kappa shape index (κ1) is 20.8. The summed E-state index contributed by atoms with van der Waals surface area (Å²) in [7, 11) is 5.58. The van der Waals surface area contributed by atoms with Crippen LogP contribution in [-0.4, -0.2) is 32.3 Å². The second-order valence-corrected chi connectivity index (χ2v) is 8.15. The van der Waals surface area contributed by atoms with E-state index in [0.29, 0.717) is 10.1 Å². The van der Waals surface area contributed by atoms with Gasteiger partial charge in [-0.3, -0.25) is 9.69 Å². The number of methoxy groups -OCH3 is 1. The summed E-state index contributed by atoms with van der Waals surface area (Å²) in [5.74, 6) is 0.513. The molecule has 0 bridgehead atoms. The third-order valence-electron chi connectivity index (χ3n) is 4.81. The van der Waals surface area contributed by atoms with E-state index < -0.39 is 0 Å². The number of thioether (sulfide) groups is 1. The molecule has 0 spiro atoms. The van der Waals surface area contributed by atoms with Gasteiger partial charge in [0.05, 0.1) is 17.7 Å². The molecule has 1 aliphatic rings. The molecule has 1 heterocycles. The molecule has 0 atom stereocenters. The van der Waals surface area contributed by atoms with Crippen molar-refractivity contribution in [1.82, 2.24) is 0 Å². The predicted molar refractivity (Wildman–Crippen MR) is 130 cm³/mol. The van der Waals surface area contributed by atoms with Gasteiger partial charge in [0.1, 0.15) is 5.75 Å². The molecule has 0 saturated heterocycles. The molecule has 0 unspecified atom stereocenters. The van der Waals surface area contributed by atoms with Gasteiger partial charge in [-0.1, -0.05) is 42.5 Å². The number of anilines is 3. The number of rotatable bonds is 5. The monoisotopic (exact) mass is 429 g/mol. The van der Waals surface area contributed by atoms with Crippen LogP contribution in [0.3, 0.4) is 0 Å². The van der Waals surface area contributed by atoms with Gasteiger partial charge in [0, 0.05) is 25.5 Å². The molecule has 3 aromatic carbocycles. The Bertz CT molecular complexity index is 1100. The van der Waals surface area contributed by atoms with Gasteiger partial charge in [-0.05, 0) is 59.8 Å². The van der Waals surface area contributed by atoms with Crippen molar-refractivity contribution in [3.63, 3.8) is 0 Å². The largest absolute Gasteiger partial charge is 0.495 e. The number of para-hydroxylation sites is 2. The van der Waals surface area contributed by atoms with Crippen LogP contribution in [0.1, 0.15) is 5.56 Å². The van der Waals surface area contributed by atoms with E-state index in [2.05, 4.69) is 4.99 Å². The number of benzene rings is 3. The average molecular weight is 430 g/mol. The Hall–Kier alpha value is -3.51. The van der Waals surface area contributed by atoms with E-state index in [9.17, 15) is 4.79 Å². The zero-order valence-electron chi connectivity index (χ0n) is 17.6. The summed E-state index contributed by atoms with van der Waals surface area (Å²) in [4.78, 5) is 21.7. The molecule has 0 fully saturated rings. The molecule has 0 N–H and O–H groups in total. The minimum absolute atomic E-state index is 0.243. The van der Waals surface area contributed by atoms with Crippen LogP contribution in [-0.2, 0) is 4.79 Å².